The number of nitrogens with one attached hydrogen (secondary N) is 2. The van der Waals surface area contributed by atoms with Crippen LogP contribution in [0.4, 0.5) is 23.0 Å². The first-order chi connectivity index (χ1) is 16.1. The Labute approximate surface area is 195 Å². The molecule has 4 rings (SSSR count). The smallest absolute Gasteiger partial charge is 0.255 e. The minimum atomic E-state index is -0.155. The Hall–Kier alpha value is -3.61. The van der Waals surface area contributed by atoms with Crippen molar-refractivity contribution in [3.8, 4) is 5.75 Å². The van der Waals surface area contributed by atoms with E-state index < -0.39 is 0 Å². The number of benzene rings is 2. The average molecular weight is 446 g/mol. The van der Waals surface area contributed by atoms with Gasteiger partial charge in [-0.25, -0.2) is 9.97 Å². The highest BCUT2D eigenvalue weighted by Crippen LogP contribution is 2.24. The first-order valence-electron chi connectivity index (χ1n) is 11.6. The number of aryl methyl sites for hydroxylation is 1. The molecule has 0 atom stereocenters. The van der Waals surface area contributed by atoms with Crippen molar-refractivity contribution in [2.24, 2.45) is 0 Å². The summed E-state index contributed by atoms with van der Waals surface area (Å²) in [6, 6.07) is 16.8. The van der Waals surface area contributed by atoms with Crippen molar-refractivity contribution in [2.45, 2.75) is 39.5 Å². The molecular formula is C26H31N5O2. The van der Waals surface area contributed by atoms with Crippen LogP contribution >= 0.6 is 0 Å². The van der Waals surface area contributed by atoms with Gasteiger partial charge in [0.2, 0.25) is 0 Å². The molecule has 7 heteroatoms. The van der Waals surface area contributed by atoms with Gasteiger partial charge in [0.05, 0.1) is 6.61 Å². The number of ether oxygens (including phenoxy) is 1. The topological polar surface area (TPSA) is 79.4 Å². The van der Waals surface area contributed by atoms with E-state index in [2.05, 4.69) is 32.4 Å². The molecular weight excluding hydrogens is 414 g/mol. The summed E-state index contributed by atoms with van der Waals surface area (Å²) in [5, 5.41) is 6.28. The first-order valence-corrected chi connectivity index (χ1v) is 11.6. The zero-order valence-corrected chi connectivity index (χ0v) is 19.3. The molecule has 1 saturated heterocycles. The van der Waals surface area contributed by atoms with Crippen LogP contribution in [0.1, 0.15) is 48.8 Å². The maximum Gasteiger partial charge on any atom is 0.255 e. The molecule has 0 unspecified atom stereocenters. The standard InChI is InChI=1S/C26H31N5O2/c1-3-4-17-33-23-13-7-20(8-14-23)26(32)30-22-11-9-21(10-12-22)29-24-18-25(28-19(2)27-24)31-15-5-6-16-31/h7-14,18H,3-6,15-17H2,1-2H3,(H,30,32)(H,27,28,29). The van der Waals surface area contributed by atoms with Gasteiger partial charge in [-0.05, 0) is 74.7 Å². The molecule has 172 valence electrons. The van der Waals surface area contributed by atoms with Gasteiger partial charge in [-0.2, -0.15) is 0 Å². The zero-order chi connectivity index (χ0) is 23.0. The van der Waals surface area contributed by atoms with Crippen molar-refractivity contribution in [1.29, 1.82) is 0 Å². The number of hydrogen-bond acceptors (Lipinski definition) is 6. The maximum atomic E-state index is 12.6. The summed E-state index contributed by atoms with van der Waals surface area (Å²) in [4.78, 5) is 24.0. The zero-order valence-electron chi connectivity index (χ0n) is 19.3. The Kier molecular flexibility index (Phi) is 7.40. The van der Waals surface area contributed by atoms with Gasteiger partial charge in [-0.3, -0.25) is 4.79 Å². The van der Waals surface area contributed by atoms with Crippen LogP contribution in [0.2, 0.25) is 0 Å². The third-order valence-electron chi connectivity index (χ3n) is 5.55. The minimum Gasteiger partial charge on any atom is -0.494 e. The monoisotopic (exact) mass is 445 g/mol. The molecule has 0 radical (unpaired) electrons. The van der Waals surface area contributed by atoms with Gasteiger partial charge in [-0.1, -0.05) is 13.3 Å². The number of nitrogens with zero attached hydrogens (tertiary/aromatic N) is 3. The molecule has 0 spiro atoms. The molecule has 1 aromatic heterocycles. The van der Waals surface area contributed by atoms with E-state index in [0.717, 1.165) is 60.5 Å². The van der Waals surface area contributed by atoms with Crippen LogP contribution in [0.5, 0.6) is 5.75 Å². The van der Waals surface area contributed by atoms with Crippen LogP contribution in [0, 0.1) is 6.92 Å². The van der Waals surface area contributed by atoms with Gasteiger partial charge < -0.3 is 20.3 Å². The Morgan fingerprint density at radius 3 is 2.39 bits per heavy atom. The van der Waals surface area contributed by atoms with Gasteiger partial charge in [0.25, 0.3) is 5.91 Å². The molecule has 0 aliphatic carbocycles. The first kappa shape index (κ1) is 22.6. The van der Waals surface area contributed by atoms with Gasteiger partial charge in [-0.15, -0.1) is 0 Å². The van der Waals surface area contributed by atoms with E-state index in [9.17, 15) is 4.79 Å². The van der Waals surface area contributed by atoms with Gasteiger partial charge >= 0.3 is 0 Å². The summed E-state index contributed by atoms with van der Waals surface area (Å²) in [6.45, 7) is 6.81. The van der Waals surface area contributed by atoms with Crippen molar-refractivity contribution in [1.82, 2.24) is 9.97 Å². The summed E-state index contributed by atoms with van der Waals surface area (Å²) < 4.78 is 5.65. The fourth-order valence-corrected chi connectivity index (χ4v) is 3.75. The van der Waals surface area contributed by atoms with Crippen LogP contribution < -0.4 is 20.3 Å². The molecule has 2 aromatic carbocycles. The Bertz CT molecular complexity index is 1060. The molecule has 3 aromatic rings. The van der Waals surface area contributed by atoms with E-state index >= 15 is 0 Å². The van der Waals surface area contributed by atoms with Gasteiger partial charge in [0, 0.05) is 36.1 Å². The van der Waals surface area contributed by atoms with E-state index in [1.807, 2.05) is 49.4 Å². The number of amides is 1. The van der Waals surface area contributed by atoms with Crippen LogP contribution in [0.25, 0.3) is 0 Å². The third-order valence-corrected chi connectivity index (χ3v) is 5.55. The highest BCUT2D eigenvalue weighted by Gasteiger charge is 2.15. The van der Waals surface area contributed by atoms with E-state index in [4.69, 9.17) is 4.74 Å². The number of carbonyl (C=O) groups excluding carboxylic acids is 1. The molecule has 2 N–H and O–H groups in total. The Morgan fingerprint density at radius 1 is 1.00 bits per heavy atom. The third kappa shape index (κ3) is 6.22. The highest BCUT2D eigenvalue weighted by molar-refractivity contribution is 6.04. The number of rotatable bonds is 9. The Morgan fingerprint density at radius 2 is 1.70 bits per heavy atom. The van der Waals surface area contributed by atoms with Crippen LogP contribution in [0.15, 0.2) is 54.6 Å². The van der Waals surface area contributed by atoms with Crippen LogP contribution in [0.3, 0.4) is 0 Å². The molecule has 1 aliphatic rings. The molecule has 0 bridgehead atoms. The fourth-order valence-electron chi connectivity index (χ4n) is 3.75. The summed E-state index contributed by atoms with van der Waals surface area (Å²) in [5.74, 6) is 3.10. The van der Waals surface area contributed by atoms with Crippen molar-refractivity contribution in [2.75, 3.05) is 35.2 Å². The number of carbonyl (C=O) groups is 1. The largest absolute Gasteiger partial charge is 0.494 e. The van der Waals surface area contributed by atoms with Crippen LogP contribution in [-0.4, -0.2) is 35.6 Å². The number of unbranched alkanes of at least 4 members (excludes halogenated alkanes) is 1. The highest BCUT2D eigenvalue weighted by atomic mass is 16.5. The van der Waals surface area contributed by atoms with Crippen molar-refractivity contribution < 1.29 is 9.53 Å². The average Bonchev–Trinajstić information content (AvgIpc) is 3.36. The lowest BCUT2D eigenvalue weighted by Crippen LogP contribution is -2.19. The van der Waals surface area contributed by atoms with E-state index in [-0.39, 0.29) is 5.91 Å². The normalized spacial score (nSPS) is 13.1. The molecule has 7 nitrogen and oxygen atoms in total. The molecule has 2 heterocycles. The van der Waals surface area contributed by atoms with E-state index in [1.165, 1.54) is 12.8 Å². The predicted octanol–water partition coefficient (Wildman–Crippen LogP) is 5.56. The lowest BCUT2D eigenvalue weighted by molar-refractivity contribution is 0.102. The van der Waals surface area contributed by atoms with Crippen LogP contribution in [-0.2, 0) is 0 Å². The van der Waals surface area contributed by atoms with Crippen molar-refractivity contribution in [3.05, 3.63) is 66.0 Å². The predicted molar refractivity (Wildman–Crippen MR) is 133 cm³/mol. The number of aromatic nitrogens is 2. The summed E-state index contributed by atoms with van der Waals surface area (Å²) in [7, 11) is 0. The number of hydrogen-bond donors (Lipinski definition) is 2. The van der Waals surface area contributed by atoms with E-state index in [1.54, 1.807) is 12.1 Å². The molecule has 1 aliphatic heterocycles. The van der Waals surface area contributed by atoms with Gasteiger partial charge in [0.1, 0.15) is 23.2 Å². The minimum absolute atomic E-state index is 0.155. The van der Waals surface area contributed by atoms with Crippen molar-refractivity contribution >= 4 is 28.9 Å². The second-order valence-corrected chi connectivity index (χ2v) is 8.24. The Balaban J connectivity index is 1.35. The second-order valence-electron chi connectivity index (χ2n) is 8.24. The van der Waals surface area contributed by atoms with Gasteiger partial charge in [0.15, 0.2) is 0 Å². The van der Waals surface area contributed by atoms with Crippen molar-refractivity contribution in [3.63, 3.8) is 0 Å². The SMILES string of the molecule is CCCCOc1ccc(C(=O)Nc2ccc(Nc3cc(N4CCCC4)nc(C)n3)cc2)cc1. The summed E-state index contributed by atoms with van der Waals surface area (Å²) in [6.07, 6.45) is 4.52. The molecule has 33 heavy (non-hydrogen) atoms. The second kappa shape index (κ2) is 10.8. The summed E-state index contributed by atoms with van der Waals surface area (Å²) in [5.41, 5.74) is 2.21. The lowest BCUT2D eigenvalue weighted by atomic mass is 10.2. The maximum absolute atomic E-state index is 12.6. The molecule has 1 amide bonds. The lowest BCUT2D eigenvalue weighted by Gasteiger charge is -2.18. The molecule has 1 fully saturated rings. The quantitative estimate of drug-likeness (QED) is 0.420. The summed E-state index contributed by atoms with van der Waals surface area (Å²) >= 11 is 0. The number of anilines is 4. The fraction of sp³-hybridized carbons (Fsp3) is 0.346. The van der Waals surface area contributed by atoms with E-state index in [0.29, 0.717) is 12.2 Å². The molecule has 0 saturated carbocycles.